The molecule has 0 aliphatic carbocycles. The van der Waals surface area contributed by atoms with E-state index in [9.17, 15) is 4.79 Å². The van der Waals surface area contributed by atoms with Gasteiger partial charge < -0.3 is 14.2 Å². The van der Waals surface area contributed by atoms with Crippen LogP contribution >= 0.6 is 11.3 Å². The van der Waals surface area contributed by atoms with Gasteiger partial charge in [-0.05, 0) is 37.6 Å². The largest absolute Gasteiger partial charge is 0.484 e. The topological polar surface area (TPSA) is 83.4 Å². The van der Waals surface area contributed by atoms with E-state index in [1.54, 1.807) is 18.3 Å². The van der Waals surface area contributed by atoms with Crippen LogP contribution in [0.5, 0.6) is 17.4 Å². The van der Waals surface area contributed by atoms with Gasteiger partial charge >= 0.3 is 0 Å². The van der Waals surface area contributed by atoms with Gasteiger partial charge in [-0.3, -0.25) is 4.79 Å². The van der Waals surface area contributed by atoms with E-state index >= 15 is 0 Å². The summed E-state index contributed by atoms with van der Waals surface area (Å²) in [6.45, 7) is 4.47. The Bertz CT molecular complexity index is 1280. The van der Waals surface area contributed by atoms with E-state index in [1.165, 1.54) is 18.4 Å². The molecule has 2 aromatic carbocycles. The molecule has 4 aromatic rings. The van der Waals surface area contributed by atoms with Crippen LogP contribution in [0.25, 0.3) is 31.8 Å². The molecule has 0 spiro atoms. The number of carbonyl (C=O) groups excluding carboxylic acids is 1. The van der Waals surface area contributed by atoms with Gasteiger partial charge in [0.15, 0.2) is 11.5 Å². The molecule has 0 bridgehead atoms. The number of nitrogens with zero attached hydrogens (tertiary/aromatic N) is 3. The fraction of sp³-hybridized carbons (Fsp3) is 0.238. The molecule has 1 aliphatic rings. The Labute approximate surface area is 170 Å². The third-order valence-corrected chi connectivity index (χ3v) is 5.88. The summed E-state index contributed by atoms with van der Waals surface area (Å²) in [5, 5.41) is 0.742. The summed E-state index contributed by atoms with van der Waals surface area (Å²) in [7, 11) is 1.53. The van der Waals surface area contributed by atoms with Gasteiger partial charge in [-0.2, -0.15) is 0 Å². The Morgan fingerprint density at radius 1 is 1.24 bits per heavy atom. The van der Waals surface area contributed by atoms with E-state index in [1.807, 2.05) is 19.9 Å². The predicted octanol–water partition coefficient (Wildman–Crippen LogP) is 4.20. The first-order valence-corrected chi connectivity index (χ1v) is 9.93. The number of aryl methyl sites for hydroxylation is 1. The van der Waals surface area contributed by atoms with Gasteiger partial charge in [0, 0.05) is 11.1 Å². The van der Waals surface area contributed by atoms with Gasteiger partial charge in [0.05, 0.1) is 29.9 Å². The Hall–Kier alpha value is -3.26. The Kier molecular flexibility index (Phi) is 4.09. The highest BCUT2D eigenvalue weighted by molar-refractivity contribution is 7.22. The molecule has 2 aromatic heterocycles. The maximum Gasteiger partial charge on any atom is 0.232 e. The number of benzene rings is 2. The predicted molar refractivity (Wildman–Crippen MR) is 110 cm³/mol. The lowest BCUT2D eigenvalue weighted by Gasteiger charge is -2.24. The number of hydrogen-bond acceptors (Lipinski definition) is 8. The third-order valence-electron chi connectivity index (χ3n) is 4.79. The zero-order valence-corrected chi connectivity index (χ0v) is 16.9. The van der Waals surface area contributed by atoms with Gasteiger partial charge in [0.2, 0.25) is 5.88 Å². The minimum absolute atomic E-state index is 0.00483. The van der Waals surface area contributed by atoms with Crippen LogP contribution in [0.15, 0.2) is 24.4 Å². The molecule has 1 unspecified atom stereocenters. The Morgan fingerprint density at radius 2 is 2.10 bits per heavy atom. The molecule has 0 saturated carbocycles. The van der Waals surface area contributed by atoms with Crippen LogP contribution in [0.3, 0.4) is 0 Å². The molecular weight excluding hydrogens is 390 g/mol. The van der Waals surface area contributed by atoms with E-state index in [2.05, 4.69) is 9.97 Å². The first-order valence-electron chi connectivity index (χ1n) is 9.11. The molecule has 5 rings (SSSR count). The molecule has 0 amide bonds. The Balaban J connectivity index is 1.77. The van der Waals surface area contributed by atoms with Crippen molar-refractivity contribution in [3.63, 3.8) is 0 Å². The van der Waals surface area contributed by atoms with Crippen molar-refractivity contribution < 1.29 is 19.0 Å². The second kappa shape index (κ2) is 6.66. The SMILES string of the molecule is COc1cnc2c(-c3nc4c(C)cc5c(c4s3)OCC(C)O5)cc(C=O)cc2n1. The van der Waals surface area contributed by atoms with E-state index in [0.29, 0.717) is 29.1 Å². The average Bonchev–Trinajstić information content (AvgIpc) is 3.18. The Morgan fingerprint density at radius 3 is 2.90 bits per heavy atom. The zero-order chi connectivity index (χ0) is 20.1. The minimum Gasteiger partial charge on any atom is -0.484 e. The van der Waals surface area contributed by atoms with Gasteiger partial charge in [-0.1, -0.05) is 0 Å². The van der Waals surface area contributed by atoms with Crippen LogP contribution in [-0.2, 0) is 0 Å². The molecule has 1 atom stereocenters. The van der Waals surface area contributed by atoms with Crippen LogP contribution in [-0.4, -0.2) is 41.1 Å². The number of aldehydes is 1. The fourth-order valence-electron chi connectivity index (χ4n) is 3.43. The highest BCUT2D eigenvalue weighted by Gasteiger charge is 2.24. The normalized spacial score (nSPS) is 15.6. The van der Waals surface area contributed by atoms with Crippen LogP contribution in [0, 0.1) is 6.92 Å². The smallest absolute Gasteiger partial charge is 0.232 e. The standard InChI is InChI=1S/C21H17N3O4S/c1-10-4-15-19(27-9-11(2)28-15)20-17(10)24-21(29-20)13-5-12(8-25)6-14-18(13)22-7-16(23-14)26-3/h4-8,11H,9H2,1-3H3. The molecule has 0 fully saturated rings. The quantitative estimate of drug-likeness (QED) is 0.471. The lowest BCUT2D eigenvalue weighted by Crippen LogP contribution is -2.25. The number of carbonyl (C=O) groups is 1. The number of thiazole rings is 1. The summed E-state index contributed by atoms with van der Waals surface area (Å²) in [6, 6.07) is 5.44. The van der Waals surface area contributed by atoms with Crippen molar-refractivity contribution in [1.82, 2.24) is 15.0 Å². The highest BCUT2D eigenvalue weighted by Crippen LogP contribution is 2.45. The van der Waals surface area contributed by atoms with Crippen LogP contribution in [0.1, 0.15) is 22.8 Å². The minimum atomic E-state index is 0.00483. The maximum atomic E-state index is 11.5. The molecule has 0 N–H and O–H groups in total. The number of ether oxygens (including phenoxy) is 3. The molecule has 29 heavy (non-hydrogen) atoms. The van der Waals surface area contributed by atoms with Crippen molar-refractivity contribution >= 4 is 38.9 Å². The van der Waals surface area contributed by atoms with Crippen LogP contribution in [0.4, 0.5) is 0 Å². The number of fused-ring (bicyclic) bond motifs is 4. The van der Waals surface area contributed by atoms with Gasteiger partial charge in [-0.25, -0.2) is 15.0 Å². The molecule has 7 nitrogen and oxygen atoms in total. The molecule has 0 saturated heterocycles. The first-order chi connectivity index (χ1) is 14.1. The molecule has 1 aliphatic heterocycles. The second-order valence-electron chi connectivity index (χ2n) is 6.92. The fourth-order valence-corrected chi connectivity index (χ4v) is 4.58. The third kappa shape index (κ3) is 2.87. The number of aromatic nitrogens is 3. The first kappa shape index (κ1) is 17.8. The summed E-state index contributed by atoms with van der Waals surface area (Å²) >= 11 is 1.49. The van der Waals surface area contributed by atoms with Crippen molar-refractivity contribution in [2.75, 3.05) is 13.7 Å². The monoisotopic (exact) mass is 407 g/mol. The van der Waals surface area contributed by atoms with Gasteiger partial charge in [0.25, 0.3) is 0 Å². The van der Waals surface area contributed by atoms with Crippen molar-refractivity contribution in [2.45, 2.75) is 20.0 Å². The highest BCUT2D eigenvalue weighted by atomic mass is 32.1. The number of methoxy groups -OCH3 is 1. The summed E-state index contributed by atoms with van der Waals surface area (Å²) in [4.78, 5) is 25.3. The second-order valence-corrected chi connectivity index (χ2v) is 7.92. The van der Waals surface area contributed by atoms with Crippen molar-refractivity contribution in [1.29, 1.82) is 0 Å². The van der Waals surface area contributed by atoms with E-state index in [4.69, 9.17) is 19.2 Å². The summed E-state index contributed by atoms with van der Waals surface area (Å²) in [5.74, 6) is 1.84. The average molecular weight is 407 g/mol. The zero-order valence-electron chi connectivity index (χ0n) is 16.1. The van der Waals surface area contributed by atoms with Crippen LogP contribution in [0.2, 0.25) is 0 Å². The van der Waals surface area contributed by atoms with Gasteiger partial charge in [-0.15, -0.1) is 11.3 Å². The van der Waals surface area contributed by atoms with Crippen molar-refractivity contribution in [3.05, 3.63) is 35.5 Å². The number of rotatable bonds is 3. The lowest BCUT2D eigenvalue weighted by molar-refractivity contribution is 0.106. The number of hydrogen-bond donors (Lipinski definition) is 0. The molecule has 146 valence electrons. The summed E-state index contributed by atoms with van der Waals surface area (Å²) in [5.41, 5.74) is 4.35. The maximum absolute atomic E-state index is 11.5. The van der Waals surface area contributed by atoms with E-state index < -0.39 is 0 Å². The van der Waals surface area contributed by atoms with Crippen molar-refractivity contribution in [2.24, 2.45) is 0 Å². The van der Waals surface area contributed by atoms with Crippen LogP contribution < -0.4 is 14.2 Å². The van der Waals surface area contributed by atoms with E-state index in [0.717, 1.165) is 44.1 Å². The van der Waals surface area contributed by atoms with Crippen molar-refractivity contribution in [3.8, 4) is 28.0 Å². The van der Waals surface area contributed by atoms with E-state index in [-0.39, 0.29) is 6.10 Å². The molecule has 3 heterocycles. The lowest BCUT2D eigenvalue weighted by atomic mass is 10.1. The summed E-state index contributed by atoms with van der Waals surface area (Å²) in [6.07, 6.45) is 2.36. The van der Waals surface area contributed by atoms with Gasteiger partial charge in [0.1, 0.15) is 28.7 Å². The molecule has 8 heteroatoms. The summed E-state index contributed by atoms with van der Waals surface area (Å²) < 4.78 is 18.0. The molecule has 0 radical (unpaired) electrons. The molecular formula is C21H17N3O4S.